The predicted octanol–water partition coefficient (Wildman–Crippen LogP) is 24.2. The molecule has 0 heterocycles. The maximum Gasteiger partial charge on any atom is 0.472 e. The number of phosphoric acid groups is 2. The SMILES string of the molecule is CC/C=C\C/C=C\C/C=C\C/C=C\C/C=C\CCCCCC(=O)O[C@H](COC(=O)CCCCCCCCCCCCCCCCC)COP(=O)(O)OC[C@@H](O)COP(=O)(O)OC[C@@H](COC(=O)CCCCCCCCCCCCCCC)OC(=O)CCCCCCCCCCCCCCCCC. The molecular weight excluding hydrogens is 1330 g/mol. The third-order valence-electron chi connectivity index (χ3n) is 18.0. The lowest BCUT2D eigenvalue weighted by Gasteiger charge is -2.21. The van der Waals surface area contributed by atoms with Crippen molar-refractivity contribution in [3.05, 3.63) is 60.8 Å². The van der Waals surface area contributed by atoms with Gasteiger partial charge < -0.3 is 33.8 Å². The molecule has 102 heavy (non-hydrogen) atoms. The number of aliphatic hydroxyl groups is 1. The molecule has 0 radical (unpaired) electrons. The molecule has 0 aromatic heterocycles. The second-order valence-corrected chi connectivity index (χ2v) is 31.0. The summed E-state index contributed by atoms with van der Waals surface area (Å²) >= 11 is 0. The summed E-state index contributed by atoms with van der Waals surface area (Å²) < 4.78 is 68.7. The minimum atomic E-state index is -4.98. The Hall–Kier alpha value is -3.24. The Bertz CT molecular complexity index is 2170. The van der Waals surface area contributed by atoms with Gasteiger partial charge in [-0.15, -0.1) is 0 Å². The van der Waals surface area contributed by atoms with Crippen molar-refractivity contribution in [2.45, 2.75) is 406 Å². The minimum absolute atomic E-state index is 0.0611. The first-order valence-electron chi connectivity index (χ1n) is 41.5. The molecule has 0 aliphatic carbocycles. The Kier molecular flexibility index (Phi) is 73.6. The lowest BCUT2D eigenvalue weighted by atomic mass is 10.0. The first-order valence-corrected chi connectivity index (χ1v) is 44.5. The van der Waals surface area contributed by atoms with Gasteiger partial charge in [-0.3, -0.25) is 37.3 Å². The van der Waals surface area contributed by atoms with Crippen LogP contribution in [0.3, 0.4) is 0 Å². The van der Waals surface area contributed by atoms with E-state index in [2.05, 4.69) is 88.5 Å². The molecule has 0 aliphatic rings. The van der Waals surface area contributed by atoms with E-state index in [9.17, 15) is 43.2 Å². The number of phosphoric ester groups is 2. The summed E-state index contributed by atoms with van der Waals surface area (Å²) in [5.41, 5.74) is 0. The van der Waals surface area contributed by atoms with Gasteiger partial charge in [0.2, 0.25) is 0 Å². The quantitative estimate of drug-likeness (QED) is 0.0169. The average molecular weight is 1480 g/mol. The normalized spacial score (nSPS) is 14.1. The number of allylic oxidation sites excluding steroid dienone is 10. The van der Waals surface area contributed by atoms with Gasteiger partial charge in [0.05, 0.1) is 26.4 Å². The van der Waals surface area contributed by atoms with Crippen molar-refractivity contribution >= 4 is 39.5 Å². The van der Waals surface area contributed by atoms with Gasteiger partial charge in [-0.05, 0) is 70.6 Å². The van der Waals surface area contributed by atoms with Crippen LogP contribution in [0.4, 0.5) is 0 Å². The maximum absolute atomic E-state index is 13.1. The van der Waals surface area contributed by atoms with E-state index < -0.39 is 97.5 Å². The highest BCUT2D eigenvalue weighted by molar-refractivity contribution is 7.47. The van der Waals surface area contributed by atoms with Crippen molar-refractivity contribution in [1.82, 2.24) is 0 Å². The zero-order valence-corrected chi connectivity index (χ0v) is 67.1. The van der Waals surface area contributed by atoms with Crippen LogP contribution in [0.15, 0.2) is 60.8 Å². The van der Waals surface area contributed by atoms with Crippen LogP contribution in [-0.4, -0.2) is 96.7 Å². The first kappa shape index (κ1) is 98.8. The summed E-state index contributed by atoms with van der Waals surface area (Å²) in [6, 6.07) is 0. The molecule has 0 spiro atoms. The number of hydrogen-bond donors (Lipinski definition) is 3. The van der Waals surface area contributed by atoms with Crippen molar-refractivity contribution in [3.8, 4) is 0 Å². The van der Waals surface area contributed by atoms with E-state index in [-0.39, 0.29) is 25.7 Å². The Morgan fingerprint density at radius 3 is 0.784 bits per heavy atom. The van der Waals surface area contributed by atoms with Crippen LogP contribution in [0, 0.1) is 0 Å². The Labute approximate surface area is 622 Å². The second-order valence-electron chi connectivity index (χ2n) is 28.1. The van der Waals surface area contributed by atoms with Crippen molar-refractivity contribution in [1.29, 1.82) is 0 Å². The van der Waals surface area contributed by atoms with E-state index in [4.69, 9.17) is 37.0 Å². The fourth-order valence-corrected chi connectivity index (χ4v) is 13.3. The monoisotopic (exact) mass is 1480 g/mol. The van der Waals surface area contributed by atoms with Crippen LogP contribution in [-0.2, 0) is 65.4 Å². The number of carbonyl (C=O) groups is 4. The average Bonchev–Trinajstić information content (AvgIpc) is 1.21. The molecule has 19 heteroatoms. The van der Waals surface area contributed by atoms with Gasteiger partial charge in [0.25, 0.3) is 0 Å². The Morgan fingerprint density at radius 2 is 0.510 bits per heavy atom. The summed E-state index contributed by atoms with van der Waals surface area (Å²) in [6.45, 7) is 4.83. The van der Waals surface area contributed by atoms with Gasteiger partial charge in [0, 0.05) is 25.7 Å². The highest BCUT2D eigenvalue weighted by Gasteiger charge is 2.30. The van der Waals surface area contributed by atoms with E-state index in [1.54, 1.807) is 0 Å². The number of unbranched alkanes of at least 4 members (excludes halogenated alkanes) is 43. The maximum atomic E-state index is 13.1. The zero-order valence-electron chi connectivity index (χ0n) is 65.3. The van der Waals surface area contributed by atoms with Gasteiger partial charge in [0.1, 0.15) is 19.3 Å². The number of rotatable bonds is 79. The van der Waals surface area contributed by atoms with Gasteiger partial charge in [0.15, 0.2) is 12.2 Å². The molecule has 0 aromatic rings. The molecular formula is C83H152O17P2. The molecule has 17 nitrogen and oxygen atoms in total. The smallest absolute Gasteiger partial charge is 0.462 e. The summed E-state index contributed by atoms with van der Waals surface area (Å²) in [5.74, 6) is -2.17. The topological polar surface area (TPSA) is 237 Å². The number of esters is 4. The van der Waals surface area contributed by atoms with E-state index in [0.29, 0.717) is 25.7 Å². The van der Waals surface area contributed by atoms with Crippen LogP contribution in [0.5, 0.6) is 0 Å². The molecule has 0 saturated heterocycles. The lowest BCUT2D eigenvalue weighted by molar-refractivity contribution is -0.161. The van der Waals surface area contributed by atoms with Gasteiger partial charge >= 0.3 is 39.5 Å². The van der Waals surface area contributed by atoms with Crippen LogP contribution >= 0.6 is 15.6 Å². The van der Waals surface area contributed by atoms with Gasteiger partial charge in [-0.1, -0.05) is 352 Å². The van der Waals surface area contributed by atoms with Crippen molar-refractivity contribution in [2.24, 2.45) is 0 Å². The lowest BCUT2D eigenvalue weighted by Crippen LogP contribution is -2.30. The van der Waals surface area contributed by atoms with Crippen molar-refractivity contribution in [2.75, 3.05) is 39.6 Å². The third kappa shape index (κ3) is 75.0. The van der Waals surface area contributed by atoms with Crippen LogP contribution in [0.1, 0.15) is 387 Å². The number of carbonyl (C=O) groups excluding carboxylic acids is 4. The van der Waals surface area contributed by atoms with E-state index >= 15 is 0 Å². The van der Waals surface area contributed by atoms with E-state index in [1.807, 2.05) is 0 Å². The predicted molar refractivity (Wildman–Crippen MR) is 418 cm³/mol. The van der Waals surface area contributed by atoms with Crippen molar-refractivity contribution < 1.29 is 80.2 Å². The third-order valence-corrected chi connectivity index (χ3v) is 19.9. The summed E-state index contributed by atoms with van der Waals surface area (Å²) in [7, 11) is -9.95. The second kappa shape index (κ2) is 76.0. The highest BCUT2D eigenvalue weighted by atomic mass is 31.2. The molecule has 0 fully saturated rings. The van der Waals surface area contributed by atoms with Gasteiger partial charge in [-0.2, -0.15) is 0 Å². The molecule has 0 amide bonds. The first-order chi connectivity index (χ1) is 49.7. The molecule has 3 N–H and O–H groups in total. The summed E-state index contributed by atoms with van der Waals surface area (Å²) in [4.78, 5) is 73.1. The molecule has 5 atom stereocenters. The molecule has 0 saturated carbocycles. The number of hydrogen-bond acceptors (Lipinski definition) is 15. The summed E-state index contributed by atoms with van der Waals surface area (Å²) in [6.07, 6.45) is 76.1. The van der Waals surface area contributed by atoms with Crippen LogP contribution in [0.2, 0.25) is 0 Å². The Morgan fingerprint density at radius 1 is 0.284 bits per heavy atom. The molecule has 596 valence electrons. The van der Waals surface area contributed by atoms with E-state index in [1.165, 1.54) is 193 Å². The fraction of sp³-hybridized carbons (Fsp3) is 0.831. The van der Waals surface area contributed by atoms with Gasteiger partial charge in [-0.25, -0.2) is 9.13 Å². The largest absolute Gasteiger partial charge is 0.472 e. The molecule has 2 unspecified atom stereocenters. The molecule has 0 aliphatic heterocycles. The summed E-state index contributed by atoms with van der Waals surface area (Å²) in [5, 5.41) is 10.6. The van der Waals surface area contributed by atoms with Crippen LogP contribution < -0.4 is 0 Å². The minimum Gasteiger partial charge on any atom is -0.462 e. The molecule has 0 aromatic carbocycles. The highest BCUT2D eigenvalue weighted by Crippen LogP contribution is 2.45. The standard InChI is InChI=1S/C83H152O17P2/c1-5-9-13-17-21-25-29-33-36-37-38-39-42-46-50-54-58-62-66-70-83(88)100-79(74-94-81(86)68-64-60-56-52-48-44-40-34-30-26-22-18-14-10-6-2)76-98-102(91,92)96-72-77(84)71-95-101(89,90)97-75-78(73-93-80(85)67-63-59-55-51-47-43-32-28-24-20-16-12-8-4)99-82(87)69-65-61-57-53-49-45-41-35-31-27-23-19-15-11-7-3/h9,13,21,25,33,36,38-39,46,50,77-79,84H,5-8,10-12,14-20,22-24,26-32,34-35,37,40-45,47-49,51-76H2,1-4H3,(H,89,90)(H,91,92)/b13-9-,25-21-,36-33-,39-38-,50-46-/t77-,78+,79+/m0/s1. The Balaban J connectivity index is 5.35. The molecule has 0 bridgehead atoms. The number of aliphatic hydroxyl groups excluding tert-OH is 1. The van der Waals surface area contributed by atoms with Crippen molar-refractivity contribution in [3.63, 3.8) is 0 Å². The van der Waals surface area contributed by atoms with Crippen LogP contribution in [0.25, 0.3) is 0 Å². The molecule has 0 rings (SSSR count). The fourth-order valence-electron chi connectivity index (χ4n) is 11.7. The number of ether oxygens (including phenoxy) is 4. The zero-order chi connectivity index (χ0) is 74.6. The van der Waals surface area contributed by atoms with E-state index in [0.717, 1.165) is 116 Å².